The van der Waals surface area contributed by atoms with Crippen molar-refractivity contribution in [3.8, 4) is 0 Å². The molecule has 0 aromatic carbocycles. The largest absolute Gasteiger partial charge is 0.394 e. The van der Waals surface area contributed by atoms with Crippen molar-refractivity contribution >= 4 is 5.91 Å². The molecule has 0 bridgehead atoms. The standard InChI is InChI=1S/C81H143NO13/c1-3-5-7-9-11-13-15-17-19-21-23-25-27-28-29-30-31-32-33-34-35-36-37-38-39-40-41-42-43-45-47-49-51-53-55-57-59-61-63-65-73(86)82-69(68-92-80-78(91)76(89)79(72(67-84)94-80)95-81-77(90)75(88)74(87)71(66-83)93-81)70(85)64-62-60-58-56-54-52-50-48-46-44-26-24-22-20-18-16-14-12-10-8-6-4-2/h5,7,11,13,17,19,23,25,28-29,31-32,34-35,37-38,69-72,74-81,83-85,87-91H,3-4,6,8-10,12,14-16,18,20-22,24,26-27,30,33,36,39-68H2,1-2H3,(H,82,86)/b7-5-,13-11-,19-17-,25-23-,29-28-,32-31-,35-34-,38-37-. The predicted molar refractivity (Wildman–Crippen MR) is 392 cm³/mol. The van der Waals surface area contributed by atoms with Crippen LogP contribution in [0, 0.1) is 0 Å². The molecule has 14 nitrogen and oxygen atoms in total. The van der Waals surface area contributed by atoms with E-state index >= 15 is 0 Å². The molecule has 12 atom stereocenters. The normalized spacial score (nSPS) is 22.9. The van der Waals surface area contributed by atoms with Crippen molar-refractivity contribution in [2.24, 2.45) is 0 Å². The first-order valence-corrected chi connectivity index (χ1v) is 39.0. The first-order valence-electron chi connectivity index (χ1n) is 39.0. The Kier molecular flexibility index (Phi) is 59.6. The Balaban J connectivity index is 1.60. The van der Waals surface area contributed by atoms with Gasteiger partial charge in [-0.3, -0.25) is 4.79 Å². The summed E-state index contributed by atoms with van der Waals surface area (Å²) in [6.45, 7) is 2.78. The number of hydrogen-bond donors (Lipinski definition) is 9. The molecule has 2 aliphatic rings. The van der Waals surface area contributed by atoms with Crippen LogP contribution in [0.5, 0.6) is 0 Å². The Labute approximate surface area is 579 Å². The van der Waals surface area contributed by atoms with Crippen LogP contribution in [0.25, 0.3) is 0 Å². The number of aliphatic hydroxyl groups is 8. The fourth-order valence-electron chi connectivity index (χ4n) is 12.4. The van der Waals surface area contributed by atoms with Gasteiger partial charge in [0.1, 0.15) is 48.8 Å². The van der Waals surface area contributed by atoms with Crippen LogP contribution < -0.4 is 5.32 Å². The van der Waals surface area contributed by atoms with Gasteiger partial charge in [-0.25, -0.2) is 0 Å². The number of aliphatic hydroxyl groups excluding tert-OH is 8. The number of rotatable bonds is 64. The molecule has 0 radical (unpaired) electrons. The molecule has 9 N–H and O–H groups in total. The van der Waals surface area contributed by atoms with Gasteiger partial charge in [0, 0.05) is 6.42 Å². The van der Waals surface area contributed by atoms with Crippen molar-refractivity contribution in [3.63, 3.8) is 0 Å². The van der Waals surface area contributed by atoms with Crippen molar-refractivity contribution in [1.29, 1.82) is 0 Å². The summed E-state index contributed by atoms with van der Waals surface area (Å²) < 4.78 is 23.0. The van der Waals surface area contributed by atoms with Gasteiger partial charge in [-0.05, 0) is 77.0 Å². The number of nitrogens with one attached hydrogen (secondary N) is 1. The monoisotopic (exact) mass is 1340 g/mol. The molecule has 2 fully saturated rings. The van der Waals surface area contributed by atoms with Crippen LogP contribution in [0.2, 0.25) is 0 Å². The molecule has 550 valence electrons. The summed E-state index contributed by atoms with van der Waals surface area (Å²) in [7, 11) is 0. The van der Waals surface area contributed by atoms with Crippen LogP contribution >= 0.6 is 0 Å². The molecule has 95 heavy (non-hydrogen) atoms. The minimum absolute atomic E-state index is 0.206. The average Bonchev–Trinajstić information content (AvgIpc) is 0.801. The third-order valence-corrected chi connectivity index (χ3v) is 18.6. The lowest BCUT2D eigenvalue weighted by Gasteiger charge is -2.46. The number of unbranched alkanes of at least 4 members (excludes halogenated alkanes) is 35. The Morgan fingerprint density at radius 3 is 1.12 bits per heavy atom. The second kappa shape index (κ2) is 64.3. The Morgan fingerprint density at radius 1 is 0.389 bits per heavy atom. The summed E-state index contributed by atoms with van der Waals surface area (Å²) >= 11 is 0. The average molecular weight is 1340 g/mol. The maximum Gasteiger partial charge on any atom is 0.220 e. The van der Waals surface area contributed by atoms with Gasteiger partial charge in [0.25, 0.3) is 0 Å². The topological polar surface area (TPSA) is 228 Å². The van der Waals surface area contributed by atoms with E-state index in [0.29, 0.717) is 12.8 Å². The molecule has 14 heteroatoms. The highest BCUT2D eigenvalue weighted by Crippen LogP contribution is 2.30. The van der Waals surface area contributed by atoms with Crippen molar-refractivity contribution in [2.75, 3.05) is 19.8 Å². The van der Waals surface area contributed by atoms with E-state index in [1.807, 2.05) is 0 Å². The highest BCUT2D eigenvalue weighted by atomic mass is 16.7. The van der Waals surface area contributed by atoms with Crippen LogP contribution in [0.15, 0.2) is 97.2 Å². The van der Waals surface area contributed by atoms with E-state index in [-0.39, 0.29) is 12.5 Å². The van der Waals surface area contributed by atoms with Crippen LogP contribution in [0.4, 0.5) is 0 Å². The zero-order chi connectivity index (χ0) is 68.7. The van der Waals surface area contributed by atoms with Gasteiger partial charge in [0.15, 0.2) is 12.6 Å². The van der Waals surface area contributed by atoms with E-state index in [1.54, 1.807) is 0 Å². The number of allylic oxidation sites excluding steroid dienone is 16. The second-order valence-corrected chi connectivity index (χ2v) is 27.1. The molecule has 0 aromatic rings. The molecule has 2 heterocycles. The molecule has 0 saturated carbocycles. The molecular weight excluding hydrogens is 1190 g/mol. The minimum atomic E-state index is -1.79. The number of carbonyl (C=O) groups excluding carboxylic acids is 1. The van der Waals surface area contributed by atoms with Crippen LogP contribution in [0.3, 0.4) is 0 Å². The van der Waals surface area contributed by atoms with E-state index in [2.05, 4.69) is 116 Å². The number of carbonyl (C=O) groups is 1. The van der Waals surface area contributed by atoms with Gasteiger partial charge in [-0.15, -0.1) is 0 Å². The van der Waals surface area contributed by atoms with Crippen LogP contribution in [-0.2, 0) is 23.7 Å². The summed E-state index contributed by atoms with van der Waals surface area (Å²) in [6, 6.07) is -0.835. The third-order valence-electron chi connectivity index (χ3n) is 18.6. The Bertz CT molecular complexity index is 1970. The molecule has 0 spiro atoms. The van der Waals surface area contributed by atoms with Crippen molar-refractivity contribution < 1.29 is 64.6 Å². The smallest absolute Gasteiger partial charge is 0.220 e. The predicted octanol–water partition coefficient (Wildman–Crippen LogP) is 17.3. The van der Waals surface area contributed by atoms with Crippen LogP contribution in [-0.4, -0.2) is 140 Å². The lowest BCUT2D eigenvalue weighted by molar-refractivity contribution is -0.359. The zero-order valence-corrected chi connectivity index (χ0v) is 60.1. The van der Waals surface area contributed by atoms with Crippen molar-refractivity contribution in [1.82, 2.24) is 5.32 Å². The molecule has 2 aliphatic heterocycles. The molecule has 0 aliphatic carbocycles. The van der Waals surface area contributed by atoms with E-state index in [0.717, 1.165) is 103 Å². The second-order valence-electron chi connectivity index (χ2n) is 27.1. The Hall–Kier alpha value is -3.09. The van der Waals surface area contributed by atoms with Gasteiger partial charge in [-0.2, -0.15) is 0 Å². The maximum atomic E-state index is 13.4. The lowest BCUT2D eigenvalue weighted by atomic mass is 9.97. The van der Waals surface area contributed by atoms with Gasteiger partial charge in [0.05, 0.1) is 32.0 Å². The van der Waals surface area contributed by atoms with Crippen molar-refractivity contribution in [2.45, 2.75) is 389 Å². The first kappa shape index (κ1) is 88.0. The molecule has 12 unspecified atom stereocenters. The maximum absolute atomic E-state index is 13.4. The van der Waals surface area contributed by atoms with E-state index in [4.69, 9.17) is 18.9 Å². The van der Waals surface area contributed by atoms with Crippen LogP contribution in [0.1, 0.15) is 316 Å². The quantitative estimate of drug-likeness (QED) is 0.0204. The molecule has 2 saturated heterocycles. The summed E-state index contributed by atoms with van der Waals surface area (Å²) in [5.74, 6) is -0.206. The first-order chi connectivity index (χ1) is 46.6. The van der Waals surface area contributed by atoms with E-state index < -0.39 is 86.8 Å². The summed E-state index contributed by atoms with van der Waals surface area (Å²) in [6.07, 6.45) is 74.3. The number of hydrogen-bond acceptors (Lipinski definition) is 13. The number of ether oxygens (including phenoxy) is 4. The highest BCUT2D eigenvalue weighted by Gasteiger charge is 2.51. The van der Waals surface area contributed by atoms with Crippen molar-refractivity contribution in [3.05, 3.63) is 97.2 Å². The van der Waals surface area contributed by atoms with E-state index in [9.17, 15) is 45.6 Å². The SMILES string of the molecule is CC/C=C\C/C=C\C/C=C\C/C=C\C/C=C\C/C=C\C/C=C\C/C=C\CCCCCCCCCCCCCCCCC(=O)NC(COC1OC(CO)C(OC2OC(CO)C(O)C(O)C2O)C(O)C1O)C(O)CCCCCCCCCCCCCCCCCCCCCCCC. The molecule has 0 aromatic heterocycles. The fourth-order valence-corrected chi connectivity index (χ4v) is 12.4. The number of amides is 1. The van der Waals surface area contributed by atoms with Gasteiger partial charge in [0.2, 0.25) is 5.91 Å². The van der Waals surface area contributed by atoms with Gasteiger partial charge < -0.3 is 65.1 Å². The fraction of sp³-hybridized carbons (Fsp3) is 0.790. The Morgan fingerprint density at radius 2 is 0.726 bits per heavy atom. The molecule has 2 rings (SSSR count). The summed E-state index contributed by atoms with van der Waals surface area (Å²) in [4.78, 5) is 13.4. The lowest BCUT2D eigenvalue weighted by Crippen LogP contribution is -2.65. The van der Waals surface area contributed by atoms with Gasteiger partial charge in [-0.1, -0.05) is 329 Å². The summed E-state index contributed by atoms with van der Waals surface area (Å²) in [5.41, 5.74) is 0. The highest BCUT2D eigenvalue weighted by molar-refractivity contribution is 5.76. The minimum Gasteiger partial charge on any atom is -0.394 e. The zero-order valence-electron chi connectivity index (χ0n) is 60.1. The van der Waals surface area contributed by atoms with E-state index in [1.165, 1.54) is 186 Å². The molecule has 1 amide bonds. The molecular formula is C81H143NO13. The van der Waals surface area contributed by atoms with Gasteiger partial charge >= 0.3 is 0 Å². The third kappa shape index (κ3) is 47.6. The summed E-state index contributed by atoms with van der Waals surface area (Å²) in [5, 5.41) is 87.8.